The fraction of sp³-hybridized carbons (Fsp3) is 0.571. The van der Waals surface area contributed by atoms with Crippen LogP contribution < -0.4 is 10.1 Å². The Labute approximate surface area is 113 Å². The number of nitrogens with one attached hydrogen (secondary N) is 1. The Balaban J connectivity index is 2.13. The monoisotopic (exact) mass is 264 g/mol. The maximum atomic E-state index is 11.2. The number of ether oxygens (including phenoxy) is 1. The standard InChI is InChI=1S/C14H20N2O3/c1-2-15-12-8-5-9-13(14(12)16(17)18)19-10-11-6-3-4-7-11/h5,8-9,11,15H,2-4,6-7,10H2,1H3. The first-order chi connectivity index (χ1) is 9.22. The van der Waals surface area contributed by atoms with E-state index >= 15 is 0 Å². The van der Waals surface area contributed by atoms with Crippen LogP contribution >= 0.6 is 0 Å². The number of anilines is 1. The fourth-order valence-corrected chi connectivity index (χ4v) is 2.54. The highest BCUT2D eigenvalue weighted by molar-refractivity contribution is 5.68. The first kappa shape index (κ1) is 13.6. The maximum Gasteiger partial charge on any atom is 0.333 e. The second kappa shape index (κ2) is 6.41. The van der Waals surface area contributed by atoms with Crippen LogP contribution in [-0.4, -0.2) is 18.1 Å². The van der Waals surface area contributed by atoms with Gasteiger partial charge in [0.15, 0.2) is 5.75 Å². The summed E-state index contributed by atoms with van der Waals surface area (Å²) in [6, 6.07) is 5.17. The average molecular weight is 264 g/mol. The molecule has 2 rings (SSSR count). The highest BCUT2D eigenvalue weighted by Crippen LogP contribution is 2.35. The molecule has 1 fully saturated rings. The third kappa shape index (κ3) is 3.36. The van der Waals surface area contributed by atoms with Gasteiger partial charge in [0.05, 0.1) is 11.5 Å². The van der Waals surface area contributed by atoms with Gasteiger partial charge >= 0.3 is 5.69 Å². The molecule has 0 bridgehead atoms. The molecule has 104 valence electrons. The van der Waals surface area contributed by atoms with Gasteiger partial charge in [0, 0.05) is 6.54 Å². The number of nitrogens with zero attached hydrogens (tertiary/aromatic N) is 1. The van der Waals surface area contributed by atoms with Crippen molar-refractivity contribution >= 4 is 11.4 Å². The summed E-state index contributed by atoms with van der Waals surface area (Å²) in [6.45, 7) is 3.14. The van der Waals surface area contributed by atoms with E-state index in [0.717, 1.165) is 0 Å². The third-order valence-corrected chi connectivity index (χ3v) is 3.50. The summed E-state index contributed by atoms with van der Waals surface area (Å²) in [7, 11) is 0. The van der Waals surface area contributed by atoms with Gasteiger partial charge in [0.1, 0.15) is 5.69 Å². The highest BCUT2D eigenvalue weighted by Gasteiger charge is 2.22. The predicted molar refractivity (Wildman–Crippen MR) is 74.7 cm³/mol. The smallest absolute Gasteiger partial charge is 0.333 e. The average Bonchev–Trinajstić information content (AvgIpc) is 2.89. The van der Waals surface area contributed by atoms with E-state index in [9.17, 15) is 10.1 Å². The van der Waals surface area contributed by atoms with Crippen molar-refractivity contribution in [2.45, 2.75) is 32.6 Å². The Hall–Kier alpha value is -1.78. The minimum atomic E-state index is -0.373. The molecule has 19 heavy (non-hydrogen) atoms. The van der Waals surface area contributed by atoms with Gasteiger partial charge in [-0.1, -0.05) is 18.9 Å². The first-order valence-electron chi connectivity index (χ1n) is 6.86. The van der Waals surface area contributed by atoms with Gasteiger partial charge in [0.2, 0.25) is 0 Å². The fourth-order valence-electron chi connectivity index (χ4n) is 2.54. The van der Waals surface area contributed by atoms with Crippen LogP contribution in [0.5, 0.6) is 5.75 Å². The van der Waals surface area contributed by atoms with Crippen molar-refractivity contribution < 1.29 is 9.66 Å². The second-order valence-electron chi connectivity index (χ2n) is 4.90. The van der Waals surface area contributed by atoms with E-state index in [2.05, 4.69) is 5.32 Å². The molecule has 0 heterocycles. The van der Waals surface area contributed by atoms with Gasteiger partial charge in [-0.2, -0.15) is 0 Å². The van der Waals surface area contributed by atoms with Crippen LogP contribution in [0.2, 0.25) is 0 Å². The molecule has 1 saturated carbocycles. The highest BCUT2D eigenvalue weighted by atomic mass is 16.6. The minimum Gasteiger partial charge on any atom is -0.486 e. The number of rotatable bonds is 6. The lowest BCUT2D eigenvalue weighted by Crippen LogP contribution is -2.10. The largest absolute Gasteiger partial charge is 0.486 e. The molecule has 0 spiro atoms. The molecule has 1 aromatic carbocycles. The second-order valence-corrected chi connectivity index (χ2v) is 4.90. The summed E-state index contributed by atoms with van der Waals surface area (Å²) < 4.78 is 5.69. The van der Waals surface area contributed by atoms with Gasteiger partial charge in [-0.25, -0.2) is 0 Å². The van der Waals surface area contributed by atoms with Gasteiger partial charge < -0.3 is 10.1 Å². The van der Waals surface area contributed by atoms with E-state index in [0.29, 0.717) is 30.5 Å². The maximum absolute atomic E-state index is 11.2. The molecule has 1 aliphatic rings. The molecule has 0 amide bonds. The molecular weight excluding hydrogens is 244 g/mol. The predicted octanol–water partition coefficient (Wildman–Crippen LogP) is 3.60. The summed E-state index contributed by atoms with van der Waals surface area (Å²) in [4.78, 5) is 10.8. The summed E-state index contributed by atoms with van der Waals surface area (Å²) >= 11 is 0. The number of hydrogen-bond acceptors (Lipinski definition) is 4. The van der Waals surface area contributed by atoms with Crippen molar-refractivity contribution in [3.63, 3.8) is 0 Å². The van der Waals surface area contributed by atoms with Crippen LogP contribution in [0.1, 0.15) is 32.6 Å². The van der Waals surface area contributed by atoms with Crippen LogP contribution in [0.4, 0.5) is 11.4 Å². The zero-order chi connectivity index (χ0) is 13.7. The van der Waals surface area contributed by atoms with Crippen molar-refractivity contribution in [2.24, 2.45) is 5.92 Å². The van der Waals surface area contributed by atoms with Crippen LogP contribution in [0.15, 0.2) is 18.2 Å². The number of nitro groups is 1. The lowest BCUT2D eigenvalue weighted by atomic mass is 10.1. The molecule has 0 saturated heterocycles. The van der Waals surface area contributed by atoms with E-state index in [1.807, 2.05) is 6.92 Å². The Morgan fingerprint density at radius 2 is 2.16 bits per heavy atom. The lowest BCUT2D eigenvalue weighted by molar-refractivity contribution is -0.385. The van der Waals surface area contributed by atoms with Crippen LogP contribution in [0, 0.1) is 16.0 Å². The van der Waals surface area contributed by atoms with Crippen molar-refractivity contribution in [3.05, 3.63) is 28.3 Å². The zero-order valence-electron chi connectivity index (χ0n) is 11.2. The van der Waals surface area contributed by atoms with E-state index in [1.54, 1.807) is 18.2 Å². The quantitative estimate of drug-likeness (QED) is 0.630. The van der Waals surface area contributed by atoms with E-state index in [4.69, 9.17) is 4.74 Å². The summed E-state index contributed by atoms with van der Waals surface area (Å²) in [6.07, 6.45) is 4.82. The minimum absolute atomic E-state index is 0.0438. The van der Waals surface area contributed by atoms with Crippen LogP contribution in [-0.2, 0) is 0 Å². The van der Waals surface area contributed by atoms with E-state index in [-0.39, 0.29) is 10.6 Å². The SMILES string of the molecule is CCNc1cccc(OCC2CCCC2)c1[N+](=O)[O-]. The Morgan fingerprint density at radius 1 is 1.42 bits per heavy atom. The van der Waals surface area contributed by atoms with Crippen molar-refractivity contribution in [1.82, 2.24) is 0 Å². The molecule has 1 N–H and O–H groups in total. The number of hydrogen-bond donors (Lipinski definition) is 1. The summed E-state index contributed by atoms with van der Waals surface area (Å²) in [5.41, 5.74) is 0.568. The molecule has 0 aromatic heterocycles. The van der Waals surface area contributed by atoms with Gasteiger partial charge in [-0.05, 0) is 37.8 Å². The van der Waals surface area contributed by atoms with Crippen molar-refractivity contribution in [2.75, 3.05) is 18.5 Å². The van der Waals surface area contributed by atoms with Crippen molar-refractivity contribution in [1.29, 1.82) is 0 Å². The first-order valence-corrected chi connectivity index (χ1v) is 6.86. The molecule has 0 radical (unpaired) electrons. The van der Waals surface area contributed by atoms with E-state index in [1.165, 1.54) is 25.7 Å². The zero-order valence-corrected chi connectivity index (χ0v) is 11.2. The normalized spacial score (nSPS) is 15.4. The summed E-state index contributed by atoms with van der Waals surface area (Å²) in [5.74, 6) is 0.915. The lowest BCUT2D eigenvalue weighted by Gasteiger charge is -2.13. The molecule has 0 aliphatic heterocycles. The Bertz CT molecular complexity index is 442. The van der Waals surface area contributed by atoms with Crippen LogP contribution in [0.3, 0.4) is 0 Å². The van der Waals surface area contributed by atoms with Gasteiger partial charge in [-0.15, -0.1) is 0 Å². The van der Waals surface area contributed by atoms with Gasteiger partial charge in [0.25, 0.3) is 0 Å². The molecule has 1 aromatic rings. The molecular formula is C14H20N2O3. The molecule has 1 aliphatic carbocycles. The molecule has 0 unspecified atom stereocenters. The number of benzene rings is 1. The summed E-state index contributed by atoms with van der Waals surface area (Å²) in [5, 5.41) is 14.2. The third-order valence-electron chi connectivity index (χ3n) is 3.50. The number of para-hydroxylation sites is 1. The Morgan fingerprint density at radius 3 is 2.79 bits per heavy atom. The van der Waals surface area contributed by atoms with Crippen LogP contribution in [0.25, 0.3) is 0 Å². The number of nitro benzene ring substituents is 1. The Kier molecular flexibility index (Phi) is 4.60. The molecule has 0 atom stereocenters. The van der Waals surface area contributed by atoms with Gasteiger partial charge in [-0.3, -0.25) is 10.1 Å². The molecule has 5 heteroatoms. The molecule has 5 nitrogen and oxygen atoms in total. The van der Waals surface area contributed by atoms with E-state index < -0.39 is 0 Å². The topological polar surface area (TPSA) is 64.4 Å². The van der Waals surface area contributed by atoms with Crippen molar-refractivity contribution in [3.8, 4) is 5.75 Å².